The van der Waals surface area contributed by atoms with E-state index in [1.807, 2.05) is 30.3 Å². The minimum atomic E-state index is -0.692. The lowest BCUT2D eigenvalue weighted by atomic mass is 9.99. The molecular weight excluding hydrogens is 242 g/mol. The second kappa shape index (κ2) is 4.78. The van der Waals surface area contributed by atoms with Crippen LogP contribution in [0.4, 0.5) is 0 Å². The monoisotopic (exact) mass is 259 g/mol. The molecule has 1 aliphatic heterocycles. The maximum atomic E-state index is 12.3. The second-order valence-corrected chi connectivity index (χ2v) is 5.40. The van der Waals surface area contributed by atoms with Gasteiger partial charge in [0.25, 0.3) is 0 Å². The quantitative estimate of drug-likeness (QED) is 0.866. The highest BCUT2D eigenvalue weighted by Crippen LogP contribution is 2.35. The summed E-state index contributed by atoms with van der Waals surface area (Å²) >= 11 is 0. The minimum Gasteiger partial charge on any atom is -0.390 e. The van der Waals surface area contributed by atoms with Crippen LogP contribution in [-0.4, -0.2) is 33.8 Å². The van der Waals surface area contributed by atoms with E-state index < -0.39 is 6.10 Å². The van der Waals surface area contributed by atoms with Crippen molar-refractivity contribution in [2.45, 2.75) is 38.0 Å². The summed E-state index contributed by atoms with van der Waals surface area (Å²) in [4.78, 5) is 25.7. The van der Waals surface area contributed by atoms with Gasteiger partial charge in [0.15, 0.2) is 0 Å². The van der Waals surface area contributed by atoms with E-state index in [1.165, 1.54) is 0 Å². The van der Waals surface area contributed by atoms with E-state index in [-0.39, 0.29) is 30.1 Å². The number of carbonyl (C=O) groups excluding carboxylic acids is 2. The maximum Gasteiger partial charge on any atom is 0.229 e. The van der Waals surface area contributed by atoms with E-state index in [0.717, 1.165) is 5.56 Å². The van der Waals surface area contributed by atoms with Crippen molar-refractivity contribution in [3.05, 3.63) is 35.9 Å². The number of ketones is 1. The van der Waals surface area contributed by atoms with Gasteiger partial charge in [0, 0.05) is 19.4 Å². The summed E-state index contributed by atoms with van der Waals surface area (Å²) in [7, 11) is 0. The molecular formula is C15H17NO3. The second-order valence-electron chi connectivity index (χ2n) is 5.40. The van der Waals surface area contributed by atoms with Crippen LogP contribution < -0.4 is 0 Å². The number of Topliss-reactive ketones (excluding diaryl/α,β-unsaturated/α-hetero) is 1. The van der Waals surface area contributed by atoms with Crippen LogP contribution in [0.1, 0.15) is 24.8 Å². The molecule has 2 bridgehead atoms. The molecule has 0 spiro atoms. The predicted molar refractivity (Wildman–Crippen MR) is 69.1 cm³/mol. The lowest BCUT2D eigenvalue weighted by molar-refractivity contribution is -0.134. The number of benzene rings is 1. The van der Waals surface area contributed by atoms with Crippen LogP contribution >= 0.6 is 0 Å². The number of likely N-dealkylation sites (tertiary alicyclic amines) is 1. The largest absolute Gasteiger partial charge is 0.390 e. The third kappa shape index (κ3) is 2.16. The molecule has 1 aromatic rings. The number of hydrogen-bond acceptors (Lipinski definition) is 3. The summed E-state index contributed by atoms with van der Waals surface area (Å²) in [6.45, 7) is 0.477. The van der Waals surface area contributed by atoms with Gasteiger partial charge in [-0.3, -0.25) is 9.59 Å². The first-order valence-corrected chi connectivity index (χ1v) is 6.71. The number of fused-ring (bicyclic) bond motifs is 2. The zero-order valence-electron chi connectivity index (χ0n) is 10.7. The summed E-state index contributed by atoms with van der Waals surface area (Å²) in [5, 5.41) is 10.2. The Morgan fingerprint density at radius 3 is 2.68 bits per heavy atom. The highest BCUT2D eigenvalue weighted by molar-refractivity contribution is 5.88. The van der Waals surface area contributed by atoms with Crippen molar-refractivity contribution in [1.82, 2.24) is 4.90 Å². The van der Waals surface area contributed by atoms with Crippen molar-refractivity contribution in [2.24, 2.45) is 5.92 Å². The predicted octanol–water partition coefficient (Wildman–Crippen LogP) is 1.13. The molecule has 3 rings (SSSR count). The van der Waals surface area contributed by atoms with Crippen molar-refractivity contribution in [3.8, 4) is 0 Å². The molecule has 0 aromatic heterocycles. The van der Waals surface area contributed by atoms with Crippen molar-refractivity contribution in [1.29, 1.82) is 0 Å². The normalized spacial score (nSPS) is 30.6. The van der Waals surface area contributed by atoms with Crippen molar-refractivity contribution >= 4 is 11.7 Å². The maximum absolute atomic E-state index is 12.3. The Balaban J connectivity index is 1.85. The molecule has 1 saturated heterocycles. The summed E-state index contributed by atoms with van der Waals surface area (Å²) in [5.41, 5.74) is 1.03. The van der Waals surface area contributed by atoms with E-state index in [1.54, 1.807) is 4.90 Å². The fraction of sp³-hybridized carbons (Fsp3) is 0.467. The zero-order valence-corrected chi connectivity index (χ0v) is 10.7. The third-order valence-electron chi connectivity index (χ3n) is 4.17. The Morgan fingerprint density at radius 1 is 1.21 bits per heavy atom. The molecule has 4 heteroatoms. The van der Waals surface area contributed by atoms with Gasteiger partial charge in [-0.05, 0) is 12.0 Å². The van der Waals surface area contributed by atoms with Gasteiger partial charge in [0.2, 0.25) is 5.91 Å². The van der Waals surface area contributed by atoms with E-state index in [2.05, 4.69) is 0 Å². The molecule has 1 aromatic carbocycles. The van der Waals surface area contributed by atoms with E-state index in [4.69, 9.17) is 0 Å². The molecule has 0 unspecified atom stereocenters. The van der Waals surface area contributed by atoms with Crippen molar-refractivity contribution in [2.75, 3.05) is 0 Å². The summed E-state index contributed by atoms with van der Waals surface area (Å²) in [5.74, 6) is -0.244. The van der Waals surface area contributed by atoms with Crippen LogP contribution in [0.3, 0.4) is 0 Å². The minimum absolute atomic E-state index is 0.00569. The van der Waals surface area contributed by atoms with E-state index in [9.17, 15) is 14.7 Å². The molecule has 1 aliphatic carbocycles. The molecule has 3 atom stereocenters. The number of aliphatic hydroxyl groups excluding tert-OH is 1. The number of nitrogens with zero attached hydrogens (tertiary/aromatic N) is 1. The van der Waals surface area contributed by atoms with Crippen LogP contribution in [0.2, 0.25) is 0 Å². The molecule has 1 amide bonds. The molecule has 1 saturated carbocycles. The number of amides is 1. The summed E-state index contributed by atoms with van der Waals surface area (Å²) in [6, 6.07) is 9.35. The lowest BCUT2D eigenvalue weighted by Crippen LogP contribution is -2.38. The van der Waals surface area contributed by atoms with Crippen LogP contribution in [0, 0.1) is 5.92 Å². The average molecular weight is 259 g/mol. The number of hydrogen-bond donors (Lipinski definition) is 1. The van der Waals surface area contributed by atoms with Gasteiger partial charge in [-0.1, -0.05) is 30.3 Å². The summed E-state index contributed by atoms with van der Waals surface area (Å²) < 4.78 is 0. The first-order chi connectivity index (χ1) is 9.16. The highest BCUT2D eigenvalue weighted by atomic mass is 16.3. The average Bonchev–Trinajstić information content (AvgIpc) is 2.54. The zero-order chi connectivity index (χ0) is 13.4. The molecule has 1 N–H and O–H groups in total. The Morgan fingerprint density at radius 2 is 1.95 bits per heavy atom. The smallest absolute Gasteiger partial charge is 0.229 e. The van der Waals surface area contributed by atoms with E-state index >= 15 is 0 Å². The molecule has 100 valence electrons. The molecule has 4 nitrogen and oxygen atoms in total. The molecule has 2 fully saturated rings. The Bertz CT molecular complexity index is 499. The lowest BCUT2D eigenvalue weighted by Gasteiger charge is -2.26. The first-order valence-electron chi connectivity index (χ1n) is 6.71. The van der Waals surface area contributed by atoms with Gasteiger partial charge in [0.05, 0.1) is 18.1 Å². The number of rotatable bonds is 2. The standard InChI is InChI=1S/C15H17NO3/c17-11-6-7-12-14(18)13(8-11)16(15(12)19)9-10-4-2-1-3-5-10/h1-5,12-14,18H,6-9H2/t12-,13+,14-/m0/s1. The Labute approximate surface area is 112 Å². The van der Waals surface area contributed by atoms with Crippen LogP contribution in [0.5, 0.6) is 0 Å². The van der Waals surface area contributed by atoms with Gasteiger partial charge in [-0.2, -0.15) is 0 Å². The summed E-state index contributed by atoms with van der Waals surface area (Å²) in [6.07, 6.45) is 0.502. The fourth-order valence-electron chi connectivity index (χ4n) is 3.13. The highest BCUT2D eigenvalue weighted by Gasteiger charge is 2.49. The van der Waals surface area contributed by atoms with Gasteiger partial charge >= 0.3 is 0 Å². The van der Waals surface area contributed by atoms with Crippen LogP contribution in [0.25, 0.3) is 0 Å². The Hall–Kier alpha value is -1.68. The van der Waals surface area contributed by atoms with Crippen LogP contribution in [0.15, 0.2) is 30.3 Å². The van der Waals surface area contributed by atoms with Gasteiger partial charge < -0.3 is 10.0 Å². The molecule has 1 heterocycles. The Kier molecular flexibility index (Phi) is 3.11. The first kappa shape index (κ1) is 12.4. The SMILES string of the molecule is O=C1CC[C@@H]2C(=O)N(Cc3ccccc3)[C@H](C1)[C@H]2O. The van der Waals surface area contributed by atoms with Crippen molar-refractivity contribution in [3.63, 3.8) is 0 Å². The fourth-order valence-corrected chi connectivity index (χ4v) is 3.13. The topological polar surface area (TPSA) is 57.6 Å². The van der Waals surface area contributed by atoms with Crippen LogP contribution in [-0.2, 0) is 16.1 Å². The van der Waals surface area contributed by atoms with Crippen molar-refractivity contribution < 1.29 is 14.7 Å². The number of aliphatic hydroxyl groups is 1. The molecule has 0 radical (unpaired) electrons. The third-order valence-corrected chi connectivity index (χ3v) is 4.17. The van der Waals surface area contributed by atoms with E-state index in [0.29, 0.717) is 19.4 Å². The number of carbonyl (C=O) groups is 2. The molecule has 2 aliphatic rings. The molecule has 19 heavy (non-hydrogen) atoms. The van der Waals surface area contributed by atoms with Gasteiger partial charge in [0.1, 0.15) is 5.78 Å². The van der Waals surface area contributed by atoms with Gasteiger partial charge in [-0.25, -0.2) is 0 Å². The van der Waals surface area contributed by atoms with Gasteiger partial charge in [-0.15, -0.1) is 0 Å².